The third-order valence-corrected chi connectivity index (χ3v) is 3.52. The normalized spacial score (nSPS) is 10.0. The summed E-state index contributed by atoms with van der Waals surface area (Å²) in [5, 5.41) is 9.08. The molecule has 0 unspecified atom stereocenters. The average molecular weight is 286 g/mol. The zero-order valence-electron chi connectivity index (χ0n) is 12.2. The van der Waals surface area contributed by atoms with Gasteiger partial charge in [-0.15, -0.1) is 0 Å². The van der Waals surface area contributed by atoms with Gasteiger partial charge < -0.3 is 4.74 Å². The number of ether oxygens (including phenoxy) is 1. The number of nitriles is 1. The van der Waals surface area contributed by atoms with Gasteiger partial charge in [-0.05, 0) is 53.1 Å². The average Bonchev–Trinajstić information content (AvgIpc) is 2.62. The van der Waals surface area contributed by atoms with E-state index >= 15 is 0 Å². The Kier molecular flexibility index (Phi) is 3.84. The maximum atomic E-state index is 9.08. The van der Waals surface area contributed by atoms with E-state index in [9.17, 15) is 0 Å². The standard InChI is InChI=1S/C19H14N2O/c1-22-19-6-5-16(15-7-9-21-10-8-15)12-18(19)17-4-2-3-14(11-17)13-20/h2-12H,1H3. The summed E-state index contributed by atoms with van der Waals surface area (Å²) >= 11 is 0. The van der Waals surface area contributed by atoms with Gasteiger partial charge in [-0.3, -0.25) is 4.98 Å². The van der Waals surface area contributed by atoms with E-state index in [-0.39, 0.29) is 0 Å². The first-order chi connectivity index (χ1) is 10.8. The lowest BCUT2D eigenvalue weighted by atomic mass is 9.97. The Morgan fingerprint density at radius 1 is 0.909 bits per heavy atom. The molecule has 106 valence electrons. The van der Waals surface area contributed by atoms with Crippen molar-refractivity contribution in [1.29, 1.82) is 5.26 Å². The zero-order valence-corrected chi connectivity index (χ0v) is 12.2. The highest BCUT2D eigenvalue weighted by Gasteiger charge is 2.09. The van der Waals surface area contributed by atoms with Gasteiger partial charge in [0.1, 0.15) is 5.75 Å². The topological polar surface area (TPSA) is 45.9 Å². The molecule has 0 atom stereocenters. The second-order valence-electron chi connectivity index (χ2n) is 4.84. The Balaban J connectivity index is 2.15. The van der Waals surface area contributed by atoms with E-state index in [2.05, 4.69) is 17.1 Å². The molecule has 22 heavy (non-hydrogen) atoms. The summed E-state index contributed by atoms with van der Waals surface area (Å²) in [6, 6.07) is 19.7. The molecule has 0 radical (unpaired) electrons. The summed E-state index contributed by atoms with van der Waals surface area (Å²) in [4.78, 5) is 4.05. The smallest absolute Gasteiger partial charge is 0.126 e. The molecule has 0 saturated heterocycles. The number of rotatable bonds is 3. The summed E-state index contributed by atoms with van der Waals surface area (Å²) in [6.07, 6.45) is 3.55. The molecule has 3 nitrogen and oxygen atoms in total. The second kappa shape index (κ2) is 6.11. The quantitative estimate of drug-likeness (QED) is 0.721. The molecule has 1 aromatic heterocycles. The molecule has 1 heterocycles. The van der Waals surface area contributed by atoms with Gasteiger partial charge in [-0.1, -0.05) is 18.2 Å². The van der Waals surface area contributed by atoms with Crippen LogP contribution in [0.15, 0.2) is 67.0 Å². The maximum absolute atomic E-state index is 9.08. The number of methoxy groups -OCH3 is 1. The van der Waals surface area contributed by atoms with Gasteiger partial charge in [0.2, 0.25) is 0 Å². The fourth-order valence-corrected chi connectivity index (χ4v) is 2.41. The molecule has 0 amide bonds. The SMILES string of the molecule is COc1ccc(-c2ccncc2)cc1-c1cccc(C#N)c1. The van der Waals surface area contributed by atoms with Crippen molar-refractivity contribution in [2.45, 2.75) is 0 Å². The molecular formula is C19H14N2O. The van der Waals surface area contributed by atoms with Gasteiger partial charge in [-0.2, -0.15) is 5.26 Å². The number of nitrogens with zero attached hydrogens (tertiary/aromatic N) is 2. The highest BCUT2D eigenvalue weighted by atomic mass is 16.5. The third kappa shape index (κ3) is 2.68. The number of hydrogen-bond acceptors (Lipinski definition) is 3. The molecule has 3 aromatic rings. The van der Waals surface area contributed by atoms with Gasteiger partial charge in [0.05, 0.1) is 18.7 Å². The Hall–Kier alpha value is -3.12. The number of benzene rings is 2. The number of aromatic nitrogens is 1. The van der Waals surface area contributed by atoms with Crippen LogP contribution in [0.1, 0.15) is 5.56 Å². The van der Waals surface area contributed by atoms with Crippen molar-refractivity contribution < 1.29 is 4.74 Å². The van der Waals surface area contributed by atoms with Crippen LogP contribution in [-0.4, -0.2) is 12.1 Å². The number of hydrogen-bond donors (Lipinski definition) is 0. The van der Waals surface area contributed by atoms with Crippen LogP contribution in [0.4, 0.5) is 0 Å². The van der Waals surface area contributed by atoms with E-state index in [1.165, 1.54) is 0 Å². The maximum Gasteiger partial charge on any atom is 0.126 e. The Labute approximate surface area is 129 Å². The first-order valence-electron chi connectivity index (χ1n) is 6.91. The fourth-order valence-electron chi connectivity index (χ4n) is 2.41. The van der Waals surface area contributed by atoms with Gasteiger partial charge >= 0.3 is 0 Å². The molecule has 3 rings (SSSR count). The largest absolute Gasteiger partial charge is 0.496 e. The summed E-state index contributed by atoms with van der Waals surface area (Å²) < 4.78 is 5.47. The highest BCUT2D eigenvalue weighted by Crippen LogP contribution is 2.34. The van der Waals surface area contributed by atoms with Crippen molar-refractivity contribution in [3.05, 3.63) is 72.6 Å². The highest BCUT2D eigenvalue weighted by molar-refractivity contribution is 5.78. The molecule has 0 fully saturated rings. The van der Waals surface area contributed by atoms with Gasteiger partial charge in [0.15, 0.2) is 0 Å². The van der Waals surface area contributed by atoms with E-state index in [1.807, 2.05) is 42.5 Å². The van der Waals surface area contributed by atoms with Gasteiger partial charge in [0.25, 0.3) is 0 Å². The van der Waals surface area contributed by atoms with Crippen molar-refractivity contribution >= 4 is 0 Å². The van der Waals surface area contributed by atoms with E-state index in [0.29, 0.717) is 5.56 Å². The molecule has 3 heteroatoms. The summed E-state index contributed by atoms with van der Waals surface area (Å²) in [6.45, 7) is 0. The first kappa shape index (κ1) is 13.8. The minimum atomic E-state index is 0.633. The molecule has 0 aliphatic rings. The molecular weight excluding hydrogens is 272 g/mol. The molecule has 0 aliphatic carbocycles. The lowest BCUT2D eigenvalue weighted by Gasteiger charge is -2.11. The Morgan fingerprint density at radius 3 is 2.45 bits per heavy atom. The molecule has 0 saturated carbocycles. The summed E-state index contributed by atoms with van der Waals surface area (Å²) in [5.74, 6) is 0.785. The van der Waals surface area contributed by atoms with Crippen LogP contribution in [0.25, 0.3) is 22.3 Å². The predicted octanol–water partition coefficient (Wildman–Crippen LogP) is 4.30. The van der Waals surface area contributed by atoms with Crippen LogP contribution >= 0.6 is 0 Å². The van der Waals surface area contributed by atoms with E-state index in [4.69, 9.17) is 10.00 Å². The van der Waals surface area contributed by atoms with Crippen LogP contribution in [0, 0.1) is 11.3 Å². The monoisotopic (exact) mass is 286 g/mol. The zero-order chi connectivity index (χ0) is 15.4. The van der Waals surface area contributed by atoms with E-state index in [0.717, 1.165) is 28.0 Å². The Morgan fingerprint density at radius 2 is 1.73 bits per heavy atom. The van der Waals surface area contributed by atoms with Crippen molar-refractivity contribution in [1.82, 2.24) is 4.98 Å². The second-order valence-corrected chi connectivity index (χ2v) is 4.84. The van der Waals surface area contributed by atoms with Gasteiger partial charge in [0, 0.05) is 18.0 Å². The molecule has 0 N–H and O–H groups in total. The lowest BCUT2D eigenvalue weighted by molar-refractivity contribution is 0.416. The number of pyridine rings is 1. The van der Waals surface area contributed by atoms with Crippen LogP contribution in [0.5, 0.6) is 5.75 Å². The van der Waals surface area contributed by atoms with E-state index < -0.39 is 0 Å². The fraction of sp³-hybridized carbons (Fsp3) is 0.0526. The summed E-state index contributed by atoms with van der Waals surface area (Å²) in [5.41, 5.74) is 4.74. The Bertz CT molecular complexity index is 836. The molecule has 2 aromatic carbocycles. The van der Waals surface area contributed by atoms with Crippen molar-refractivity contribution in [3.8, 4) is 34.1 Å². The van der Waals surface area contributed by atoms with Crippen molar-refractivity contribution in [2.75, 3.05) is 7.11 Å². The molecule has 0 aliphatic heterocycles. The molecule has 0 spiro atoms. The predicted molar refractivity (Wildman–Crippen MR) is 86.4 cm³/mol. The van der Waals surface area contributed by atoms with Crippen LogP contribution in [0.3, 0.4) is 0 Å². The third-order valence-electron chi connectivity index (χ3n) is 3.52. The van der Waals surface area contributed by atoms with Crippen LogP contribution in [-0.2, 0) is 0 Å². The van der Waals surface area contributed by atoms with E-state index in [1.54, 1.807) is 25.6 Å². The van der Waals surface area contributed by atoms with Gasteiger partial charge in [-0.25, -0.2) is 0 Å². The molecule has 0 bridgehead atoms. The van der Waals surface area contributed by atoms with Crippen LogP contribution in [0.2, 0.25) is 0 Å². The van der Waals surface area contributed by atoms with Crippen molar-refractivity contribution in [2.24, 2.45) is 0 Å². The lowest BCUT2D eigenvalue weighted by Crippen LogP contribution is -1.90. The summed E-state index contributed by atoms with van der Waals surface area (Å²) in [7, 11) is 1.65. The van der Waals surface area contributed by atoms with Crippen LogP contribution < -0.4 is 4.74 Å². The minimum absolute atomic E-state index is 0.633. The first-order valence-corrected chi connectivity index (χ1v) is 6.91. The van der Waals surface area contributed by atoms with Crippen molar-refractivity contribution in [3.63, 3.8) is 0 Å². The minimum Gasteiger partial charge on any atom is -0.496 e.